The van der Waals surface area contributed by atoms with Crippen molar-refractivity contribution in [3.8, 4) is 17.1 Å². The highest BCUT2D eigenvalue weighted by atomic mass is 32.1. The maximum absolute atomic E-state index is 11.1. The van der Waals surface area contributed by atoms with Crippen molar-refractivity contribution in [2.45, 2.75) is 19.0 Å². The molecule has 0 radical (unpaired) electrons. The van der Waals surface area contributed by atoms with E-state index in [2.05, 4.69) is 15.2 Å². The van der Waals surface area contributed by atoms with Gasteiger partial charge in [0.05, 0.1) is 35.4 Å². The van der Waals surface area contributed by atoms with E-state index in [1.165, 1.54) is 19.2 Å². The Hall–Kier alpha value is -3.46. The van der Waals surface area contributed by atoms with Gasteiger partial charge in [-0.25, -0.2) is 0 Å². The summed E-state index contributed by atoms with van der Waals surface area (Å²) in [5.74, 6) is 1.65. The van der Waals surface area contributed by atoms with Crippen molar-refractivity contribution in [3.63, 3.8) is 0 Å². The fraction of sp³-hybridized carbons (Fsp3) is 0.238. The van der Waals surface area contributed by atoms with E-state index in [1.54, 1.807) is 12.3 Å². The summed E-state index contributed by atoms with van der Waals surface area (Å²) in [5.41, 5.74) is 1.46. The van der Waals surface area contributed by atoms with E-state index in [-0.39, 0.29) is 17.8 Å². The normalized spacial score (nSPS) is 18.3. The molecule has 0 unspecified atom stereocenters. The number of hydrogen-bond acceptors (Lipinski definition) is 6. The highest BCUT2D eigenvalue weighted by Gasteiger charge is 2.41. The summed E-state index contributed by atoms with van der Waals surface area (Å²) in [6, 6.07) is 13.6. The van der Waals surface area contributed by atoms with Crippen molar-refractivity contribution in [2.24, 2.45) is 0 Å². The number of likely N-dealkylation sites (N-methyl/N-ethyl adjacent to an activating group) is 1. The van der Waals surface area contributed by atoms with Crippen molar-refractivity contribution >= 4 is 23.0 Å². The SMILES string of the molecule is CCN1C(=S)N[C@@H](c2ccccn2)[C@H]1c1ccc(-c2ccc([N+](=O)[O-])cc2OC)o1. The van der Waals surface area contributed by atoms with Crippen molar-refractivity contribution in [1.82, 2.24) is 15.2 Å². The van der Waals surface area contributed by atoms with Gasteiger partial charge in [-0.2, -0.15) is 0 Å². The standard InChI is InChI=1S/C21H20N4O4S/c1-3-24-20(19(23-21(24)30)15-6-4-5-11-22-15)17-10-9-16(29-17)14-8-7-13(25(26)27)12-18(14)28-2/h4-12,19-20H,3H2,1-2H3,(H,23,30)/t19-,20+/m0/s1. The first kappa shape index (κ1) is 19.8. The number of furan rings is 1. The molecule has 0 amide bonds. The van der Waals surface area contributed by atoms with Gasteiger partial charge < -0.3 is 19.4 Å². The lowest BCUT2D eigenvalue weighted by molar-refractivity contribution is -0.384. The first-order valence-electron chi connectivity index (χ1n) is 9.44. The fourth-order valence-electron chi connectivity index (χ4n) is 3.71. The molecule has 8 nitrogen and oxygen atoms in total. The van der Waals surface area contributed by atoms with E-state index in [0.717, 1.165) is 11.5 Å². The summed E-state index contributed by atoms with van der Waals surface area (Å²) in [6.07, 6.45) is 1.75. The summed E-state index contributed by atoms with van der Waals surface area (Å²) in [6.45, 7) is 2.74. The Morgan fingerprint density at radius 1 is 1.30 bits per heavy atom. The number of nitro groups is 1. The molecule has 2 aromatic heterocycles. The molecule has 154 valence electrons. The Morgan fingerprint density at radius 2 is 2.13 bits per heavy atom. The zero-order valence-corrected chi connectivity index (χ0v) is 17.3. The number of nitrogens with zero attached hydrogens (tertiary/aromatic N) is 3. The van der Waals surface area contributed by atoms with Crippen LogP contribution in [0.2, 0.25) is 0 Å². The fourth-order valence-corrected chi connectivity index (χ4v) is 4.08. The highest BCUT2D eigenvalue weighted by molar-refractivity contribution is 7.80. The van der Waals surface area contributed by atoms with Gasteiger partial charge in [-0.3, -0.25) is 15.1 Å². The average molecular weight is 424 g/mol. The lowest BCUT2D eigenvalue weighted by Crippen LogP contribution is -2.29. The second kappa shape index (κ2) is 8.11. The number of non-ortho nitro benzene ring substituents is 1. The summed E-state index contributed by atoms with van der Waals surface area (Å²) in [7, 11) is 1.47. The summed E-state index contributed by atoms with van der Waals surface area (Å²) < 4.78 is 11.6. The number of ether oxygens (including phenoxy) is 1. The Morgan fingerprint density at radius 3 is 2.80 bits per heavy atom. The van der Waals surface area contributed by atoms with Gasteiger partial charge >= 0.3 is 0 Å². The predicted octanol–water partition coefficient (Wildman–Crippen LogP) is 4.25. The van der Waals surface area contributed by atoms with Crippen LogP contribution >= 0.6 is 12.2 Å². The molecule has 4 rings (SSSR count). The third-order valence-electron chi connectivity index (χ3n) is 5.12. The number of pyridine rings is 1. The van der Waals surface area contributed by atoms with Crippen LogP contribution in [0.5, 0.6) is 5.75 Å². The van der Waals surface area contributed by atoms with Gasteiger partial charge in [-0.1, -0.05) is 6.07 Å². The van der Waals surface area contributed by atoms with Gasteiger partial charge in [0.15, 0.2) is 5.11 Å². The average Bonchev–Trinajstić information content (AvgIpc) is 3.37. The number of benzene rings is 1. The first-order chi connectivity index (χ1) is 14.5. The van der Waals surface area contributed by atoms with Crippen LogP contribution in [0.25, 0.3) is 11.3 Å². The number of hydrogen-bond donors (Lipinski definition) is 1. The molecule has 0 spiro atoms. The van der Waals surface area contributed by atoms with Gasteiger partial charge in [0.25, 0.3) is 5.69 Å². The molecule has 1 N–H and O–H groups in total. The second-order valence-electron chi connectivity index (χ2n) is 6.76. The summed E-state index contributed by atoms with van der Waals surface area (Å²) in [4.78, 5) is 17.1. The third-order valence-corrected chi connectivity index (χ3v) is 5.47. The Kier molecular flexibility index (Phi) is 5.37. The van der Waals surface area contributed by atoms with Crippen LogP contribution in [0, 0.1) is 10.1 Å². The zero-order chi connectivity index (χ0) is 21.3. The molecular formula is C21H20N4O4S. The summed E-state index contributed by atoms with van der Waals surface area (Å²) in [5, 5.41) is 15.1. The van der Waals surface area contributed by atoms with Crippen LogP contribution in [-0.2, 0) is 0 Å². The number of rotatable bonds is 6. The molecule has 1 fully saturated rings. The minimum absolute atomic E-state index is 0.0416. The maximum atomic E-state index is 11.1. The molecule has 9 heteroatoms. The Balaban J connectivity index is 1.73. The number of nitro benzene ring substituents is 1. The third kappa shape index (κ3) is 3.48. The Labute approximate surface area is 178 Å². The molecular weight excluding hydrogens is 404 g/mol. The minimum Gasteiger partial charge on any atom is -0.496 e. The predicted molar refractivity (Wildman–Crippen MR) is 115 cm³/mol. The van der Waals surface area contributed by atoms with Gasteiger partial charge in [0.1, 0.15) is 23.3 Å². The smallest absolute Gasteiger partial charge is 0.273 e. The Bertz CT molecular complexity index is 1090. The van der Waals surface area contributed by atoms with Crippen molar-refractivity contribution in [2.75, 3.05) is 13.7 Å². The quantitative estimate of drug-likeness (QED) is 0.357. The van der Waals surface area contributed by atoms with Gasteiger partial charge in [0.2, 0.25) is 0 Å². The summed E-state index contributed by atoms with van der Waals surface area (Å²) >= 11 is 5.53. The molecule has 0 aliphatic carbocycles. The van der Waals surface area contributed by atoms with Crippen LogP contribution in [0.4, 0.5) is 5.69 Å². The molecule has 0 saturated carbocycles. The molecule has 1 saturated heterocycles. The van der Waals surface area contributed by atoms with Gasteiger partial charge in [0, 0.05) is 18.8 Å². The van der Waals surface area contributed by atoms with E-state index >= 15 is 0 Å². The zero-order valence-electron chi connectivity index (χ0n) is 16.4. The minimum atomic E-state index is -0.457. The lowest BCUT2D eigenvalue weighted by Gasteiger charge is -2.24. The molecule has 0 bridgehead atoms. The molecule has 3 heterocycles. The number of aromatic nitrogens is 1. The largest absolute Gasteiger partial charge is 0.496 e. The highest BCUT2D eigenvalue weighted by Crippen LogP contribution is 2.41. The number of methoxy groups -OCH3 is 1. The molecule has 2 atom stereocenters. The molecule has 30 heavy (non-hydrogen) atoms. The monoisotopic (exact) mass is 424 g/mol. The van der Waals surface area contributed by atoms with E-state index < -0.39 is 4.92 Å². The van der Waals surface area contributed by atoms with E-state index in [0.29, 0.717) is 28.7 Å². The molecule has 1 aliphatic heterocycles. The van der Waals surface area contributed by atoms with Crippen LogP contribution in [0.3, 0.4) is 0 Å². The number of nitrogens with one attached hydrogen (secondary N) is 1. The molecule has 1 aromatic carbocycles. The molecule has 3 aromatic rings. The first-order valence-corrected chi connectivity index (χ1v) is 9.85. The van der Waals surface area contributed by atoms with E-state index in [4.69, 9.17) is 21.4 Å². The topological polar surface area (TPSA) is 93.7 Å². The van der Waals surface area contributed by atoms with Crippen LogP contribution in [0.15, 0.2) is 59.1 Å². The van der Waals surface area contributed by atoms with Crippen LogP contribution in [-0.4, -0.2) is 33.6 Å². The van der Waals surface area contributed by atoms with E-state index in [1.807, 2.05) is 37.3 Å². The van der Waals surface area contributed by atoms with E-state index in [9.17, 15) is 10.1 Å². The number of thiocarbonyl (C=S) groups is 1. The van der Waals surface area contributed by atoms with Crippen LogP contribution in [0.1, 0.15) is 30.5 Å². The van der Waals surface area contributed by atoms with Crippen LogP contribution < -0.4 is 10.1 Å². The van der Waals surface area contributed by atoms with Gasteiger partial charge in [-0.05, 0) is 49.5 Å². The van der Waals surface area contributed by atoms with Gasteiger partial charge in [-0.15, -0.1) is 0 Å². The lowest BCUT2D eigenvalue weighted by atomic mass is 10.0. The second-order valence-corrected chi connectivity index (χ2v) is 7.14. The maximum Gasteiger partial charge on any atom is 0.273 e. The molecule has 1 aliphatic rings. The van der Waals surface area contributed by atoms with Crippen molar-refractivity contribution in [3.05, 3.63) is 76.3 Å². The van der Waals surface area contributed by atoms with Crippen molar-refractivity contribution in [1.29, 1.82) is 0 Å². The van der Waals surface area contributed by atoms with Crippen molar-refractivity contribution < 1.29 is 14.1 Å².